The molecule has 0 saturated carbocycles. The van der Waals surface area contributed by atoms with Crippen molar-refractivity contribution in [1.82, 2.24) is 9.99 Å². The quantitative estimate of drug-likeness (QED) is 0.431. The monoisotopic (exact) mass is 321 g/mol. The molecular formula is C20H23N3O. The Hall–Kier alpha value is -2.59. The minimum atomic E-state index is -0.165. The third-order valence-corrected chi connectivity index (χ3v) is 4.57. The number of hydrogen-bond donors (Lipinski definition) is 2. The third kappa shape index (κ3) is 3.19. The Morgan fingerprint density at radius 3 is 2.58 bits per heavy atom. The third-order valence-electron chi connectivity index (χ3n) is 4.57. The first-order chi connectivity index (χ1) is 11.6. The van der Waals surface area contributed by atoms with Gasteiger partial charge in [-0.05, 0) is 43.5 Å². The maximum atomic E-state index is 11.8. The summed E-state index contributed by atoms with van der Waals surface area (Å²) < 4.78 is 2.31. The number of amides is 1. The fourth-order valence-corrected chi connectivity index (χ4v) is 3.27. The van der Waals surface area contributed by atoms with Crippen molar-refractivity contribution in [2.75, 3.05) is 0 Å². The van der Waals surface area contributed by atoms with Crippen LogP contribution < -0.4 is 11.3 Å². The molecule has 1 amide bonds. The predicted octanol–water partition coefficient (Wildman–Crippen LogP) is 3.03. The van der Waals surface area contributed by atoms with Crippen LogP contribution in [0.1, 0.15) is 22.4 Å². The first-order valence-electron chi connectivity index (χ1n) is 8.22. The smallest absolute Gasteiger partial charge is 0.238 e. The maximum absolute atomic E-state index is 11.8. The lowest BCUT2D eigenvalue weighted by Gasteiger charge is -2.09. The van der Waals surface area contributed by atoms with E-state index in [0.717, 1.165) is 29.6 Å². The molecule has 0 fully saturated rings. The second-order valence-corrected chi connectivity index (χ2v) is 6.22. The van der Waals surface area contributed by atoms with E-state index in [9.17, 15) is 4.79 Å². The van der Waals surface area contributed by atoms with E-state index in [1.807, 2.05) is 6.07 Å². The molecule has 0 unspecified atom stereocenters. The fraction of sp³-hybridized carbons (Fsp3) is 0.250. The van der Waals surface area contributed by atoms with E-state index in [4.69, 9.17) is 5.84 Å². The molecule has 0 bridgehead atoms. The number of hydrazine groups is 1. The summed E-state index contributed by atoms with van der Waals surface area (Å²) >= 11 is 0. The van der Waals surface area contributed by atoms with Gasteiger partial charge in [-0.3, -0.25) is 10.2 Å². The zero-order valence-electron chi connectivity index (χ0n) is 14.2. The Bertz CT molecular complexity index is 865. The predicted molar refractivity (Wildman–Crippen MR) is 97.6 cm³/mol. The molecule has 0 radical (unpaired) electrons. The van der Waals surface area contributed by atoms with Crippen LogP contribution in [0, 0.1) is 13.8 Å². The molecule has 0 atom stereocenters. The number of aromatic nitrogens is 1. The molecule has 0 aliphatic carbocycles. The normalized spacial score (nSPS) is 11.0. The summed E-state index contributed by atoms with van der Waals surface area (Å²) in [6.07, 6.45) is 1.27. The van der Waals surface area contributed by atoms with Crippen LogP contribution in [0.25, 0.3) is 10.9 Å². The van der Waals surface area contributed by atoms with Crippen LogP contribution in [0.2, 0.25) is 0 Å². The number of nitrogens with two attached hydrogens (primary N) is 1. The number of nitrogens with one attached hydrogen (secondary N) is 1. The average Bonchev–Trinajstić information content (AvgIpc) is 2.85. The summed E-state index contributed by atoms with van der Waals surface area (Å²) in [6, 6.07) is 16.9. The zero-order valence-corrected chi connectivity index (χ0v) is 14.2. The van der Waals surface area contributed by atoms with Crippen molar-refractivity contribution in [3.8, 4) is 0 Å². The molecule has 3 rings (SSSR count). The van der Waals surface area contributed by atoms with Crippen molar-refractivity contribution in [2.24, 2.45) is 5.84 Å². The van der Waals surface area contributed by atoms with Crippen LogP contribution in [0.15, 0.2) is 48.5 Å². The zero-order chi connectivity index (χ0) is 17.1. The van der Waals surface area contributed by atoms with Crippen molar-refractivity contribution >= 4 is 16.8 Å². The van der Waals surface area contributed by atoms with E-state index in [2.05, 4.69) is 66.3 Å². The molecule has 0 saturated heterocycles. The maximum Gasteiger partial charge on any atom is 0.238 e. The Kier molecular flexibility index (Phi) is 4.67. The van der Waals surface area contributed by atoms with Gasteiger partial charge < -0.3 is 4.57 Å². The average molecular weight is 321 g/mol. The largest absolute Gasteiger partial charge is 0.344 e. The number of fused-ring (bicyclic) bond motifs is 1. The van der Waals surface area contributed by atoms with Gasteiger partial charge in [0.1, 0.15) is 0 Å². The van der Waals surface area contributed by atoms with E-state index in [0.29, 0.717) is 6.42 Å². The molecule has 24 heavy (non-hydrogen) atoms. The summed E-state index contributed by atoms with van der Waals surface area (Å²) in [5.41, 5.74) is 8.11. The lowest BCUT2D eigenvalue weighted by Crippen LogP contribution is -2.31. The summed E-state index contributed by atoms with van der Waals surface area (Å²) in [7, 11) is 0. The molecule has 124 valence electrons. The number of carbonyl (C=O) groups is 1. The molecule has 0 spiro atoms. The highest BCUT2D eigenvalue weighted by Gasteiger charge is 2.16. The van der Waals surface area contributed by atoms with Gasteiger partial charge in [0.25, 0.3) is 0 Å². The van der Waals surface area contributed by atoms with Gasteiger partial charge in [0.15, 0.2) is 0 Å². The first-order valence-corrected chi connectivity index (χ1v) is 8.22. The molecule has 1 aromatic heterocycles. The summed E-state index contributed by atoms with van der Waals surface area (Å²) in [4.78, 5) is 11.8. The summed E-state index contributed by atoms with van der Waals surface area (Å²) in [5.74, 6) is 5.11. The van der Waals surface area contributed by atoms with Crippen molar-refractivity contribution in [3.63, 3.8) is 0 Å². The molecule has 3 aromatic rings. The molecule has 2 aromatic carbocycles. The highest BCUT2D eigenvalue weighted by atomic mass is 16.2. The second kappa shape index (κ2) is 6.89. The minimum absolute atomic E-state index is 0.165. The molecule has 3 N–H and O–H groups in total. The standard InChI is InChI=1S/C20H23N3O/c1-14-8-9-19-18(12-14)17(13-20(24)22-21)15(2)23(19)11-10-16-6-4-3-5-7-16/h3-9,12H,10-11,13,21H2,1-2H3,(H,22,24). The van der Waals surface area contributed by atoms with E-state index in [1.165, 1.54) is 16.6 Å². The number of rotatable bonds is 5. The fourth-order valence-electron chi connectivity index (χ4n) is 3.27. The Morgan fingerprint density at radius 2 is 1.88 bits per heavy atom. The van der Waals surface area contributed by atoms with Gasteiger partial charge in [-0.15, -0.1) is 0 Å². The highest BCUT2D eigenvalue weighted by Crippen LogP contribution is 2.28. The van der Waals surface area contributed by atoms with E-state index in [1.54, 1.807) is 0 Å². The first kappa shape index (κ1) is 16.3. The topological polar surface area (TPSA) is 60.1 Å². The van der Waals surface area contributed by atoms with Crippen LogP contribution in [0.5, 0.6) is 0 Å². The lowest BCUT2D eigenvalue weighted by atomic mass is 10.1. The van der Waals surface area contributed by atoms with Gasteiger partial charge in [0.05, 0.1) is 6.42 Å². The van der Waals surface area contributed by atoms with E-state index >= 15 is 0 Å². The van der Waals surface area contributed by atoms with Crippen LogP contribution >= 0.6 is 0 Å². The van der Waals surface area contributed by atoms with Crippen LogP contribution in [-0.2, 0) is 24.2 Å². The van der Waals surface area contributed by atoms with Gasteiger partial charge in [-0.25, -0.2) is 5.84 Å². The Morgan fingerprint density at radius 1 is 1.12 bits per heavy atom. The molecular weight excluding hydrogens is 298 g/mol. The van der Waals surface area contributed by atoms with Gasteiger partial charge >= 0.3 is 0 Å². The SMILES string of the molecule is Cc1ccc2c(c1)c(CC(=O)NN)c(C)n2CCc1ccccc1. The van der Waals surface area contributed by atoms with Crippen molar-refractivity contribution < 1.29 is 4.79 Å². The molecule has 4 nitrogen and oxygen atoms in total. The second-order valence-electron chi connectivity index (χ2n) is 6.22. The summed E-state index contributed by atoms with van der Waals surface area (Å²) in [5, 5.41) is 1.14. The van der Waals surface area contributed by atoms with E-state index < -0.39 is 0 Å². The Labute approximate surface area is 142 Å². The van der Waals surface area contributed by atoms with Crippen LogP contribution in [-0.4, -0.2) is 10.5 Å². The van der Waals surface area contributed by atoms with Crippen LogP contribution in [0.3, 0.4) is 0 Å². The van der Waals surface area contributed by atoms with Gasteiger partial charge in [0, 0.05) is 23.1 Å². The van der Waals surface area contributed by atoms with Gasteiger partial charge in [-0.2, -0.15) is 0 Å². The molecule has 0 aliphatic rings. The number of benzene rings is 2. The lowest BCUT2D eigenvalue weighted by molar-refractivity contribution is -0.120. The minimum Gasteiger partial charge on any atom is -0.344 e. The Balaban J connectivity index is 2.00. The number of carbonyl (C=O) groups excluding carboxylic acids is 1. The highest BCUT2D eigenvalue weighted by molar-refractivity contribution is 5.91. The van der Waals surface area contributed by atoms with Crippen LogP contribution in [0.4, 0.5) is 0 Å². The number of nitrogens with zero attached hydrogens (tertiary/aromatic N) is 1. The molecule has 4 heteroatoms. The van der Waals surface area contributed by atoms with E-state index in [-0.39, 0.29) is 5.91 Å². The van der Waals surface area contributed by atoms with Crippen molar-refractivity contribution in [1.29, 1.82) is 0 Å². The summed E-state index contributed by atoms with van der Waals surface area (Å²) in [6.45, 7) is 5.04. The van der Waals surface area contributed by atoms with Crippen molar-refractivity contribution in [2.45, 2.75) is 33.2 Å². The van der Waals surface area contributed by atoms with Gasteiger partial charge in [-0.1, -0.05) is 42.0 Å². The van der Waals surface area contributed by atoms with Crippen molar-refractivity contribution in [3.05, 3.63) is 70.9 Å². The van der Waals surface area contributed by atoms with Gasteiger partial charge in [0.2, 0.25) is 5.91 Å². The number of aryl methyl sites for hydroxylation is 3. The molecule has 1 heterocycles. The molecule has 0 aliphatic heterocycles. The number of hydrogen-bond acceptors (Lipinski definition) is 2.